The minimum atomic E-state index is -0.380. The van der Waals surface area contributed by atoms with Gasteiger partial charge in [-0.15, -0.1) is 11.3 Å². The minimum Gasteiger partial charge on any atom is -0.495 e. The molecule has 1 aliphatic rings. The third-order valence-electron chi connectivity index (χ3n) is 4.99. The molecule has 0 bridgehead atoms. The number of anilines is 3. The number of amides is 5. The van der Waals surface area contributed by atoms with Gasteiger partial charge in [0.25, 0.3) is 0 Å². The first-order valence-corrected chi connectivity index (χ1v) is 11.8. The van der Waals surface area contributed by atoms with Crippen molar-refractivity contribution in [2.75, 3.05) is 55.8 Å². The number of carbonyl (C=O) groups is 4. The molecule has 35 heavy (non-hydrogen) atoms. The lowest BCUT2D eigenvalue weighted by Crippen LogP contribution is -2.51. The molecule has 0 saturated carbocycles. The fourth-order valence-corrected chi connectivity index (χ4v) is 4.07. The van der Waals surface area contributed by atoms with Gasteiger partial charge in [-0.05, 0) is 25.1 Å². The number of hydrogen-bond donors (Lipinski definition) is 3. The van der Waals surface area contributed by atoms with Crippen LogP contribution >= 0.6 is 11.3 Å². The second kappa shape index (κ2) is 12.0. The first-order valence-electron chi connectivity index (χ1n) is 11.0. The zero-order valence-electron chi connectivity index (χ0n) is 19.8. The van der Waals surface area contributed by atoms with Crippen molar-refractivity contribution < 1.29 is 28.7 Å². The van der Waals surface area contributed by atoms with Crippen molar-refractivity contribution in [1.82, 2.24) is 14.8 Å². The molecule has 0 atom stereocenters. The molecule has 1 aromatic carbocycles. The Morgan fingerprint density at radius 3 is 2.43 bits per heavy atom. The summed E-state index contributed by atoms with van der Waals surface area (Å²) in [6.07, 6.45) is -0.396. The summed E-state index contributed by atoms with van der Waals surface area (Å²) in [4.78, 5) is 55.7. The van der Waals surface area contributed by atoms with Crippen molar-refractivity contribution >= 4 is 51.8 Å². The molecule has 3 rings (SSSR count). The predicted molar refractivity (Wildman–Crippen MR) is 131 cm³/mol. The summed E-state index contributed by atoms with van der Waals surface area (Å²) < 4.78 is 10.3. The molecule has 0 aliphatic carbocycles. The van der Waals surface area contributed by atoms with Crippen molar-refractivity contribution in [3.05, 3.63) is 29.3 Å². The van der Waals surface area contributed by atoms with E-state index in [1.165, 1.54) is 25.4 Å². The standard InChI is InChI=1S/C22H28N6O6S/c1-4-34-22(32)28-9-7-27(8-10-28)21(31)26-20-24-16(13-35-20)12-19(30)25-17-11-15(23-14(2)29)5-6-18(17)33-3/h5-6,11,13H,4,7-10,12H2,1-3H3,(H,23,29)(H,25,30)(H,24,26,31). The Balaban J connectivity index is 1.52. The van der Waals surface area contributed by atoms with E-state index in [-0.39, 0.29) is 30.4 Å². The highest BCUT2D eigenvalue weighted by atomic mass is 32.1. The van der Waals surface area contributed by atoms with Gasteiger partial charge in [0, 0.05) is 44.2 Å². The van der Waals surface area contributed by atoms with Gasteiger partial charge in [-0.3, -0.25) is 14.9 Å². The van der Waals surface area contributed by atoms with Crippen LogP contribution in [0.3, 0.4) is 0 Å². The van der Waals surface area contributed by atoms with Crippen LogP contribution in [0.2, 0.25) is 0 Å². The SMILES string of the molecule is CCOC(=O)N1CCN(C(=O)Nc2nc(CC(=O)Nc3cc(NC(C)=O)ccc3OC)cs2)CC1. The predicted octanol–water partition coefficient (Wildman–Crippen LogP) is 2.60. The molecule has 12 nitrogen and oxygen atoms in total. The fraction of sp³-hybridized carbons (Fsp3) is 0.409. The summed E-state index contributed by atoms with van der Waals surface area (Å²) in [7, 11) is 1.48. The lowest BCUT2D eigenvalue weighted by Gasteiger charge is -2.33. The van der Waals surface area contributed by atoms with Crippen molar-refractivity contribution in [3.63, 3.8) is 0 Å². The van der Waals surface area contributed by atoms with E-state index in [4.69, 9.17) is 9.47 Å². The lowest BCUT2D eigenvalue weighted by molar-refractivity contribution is -0.116. The zero-order valence-corrected chi connectivity index (χ0v) is 20.6. The number of aromatic nitrogens is 1. The molecule has 1 aliphatic heterocycles. The Morgan fingerprint density at radius 2 is 1.77 bits per heavy atom. The average Bonchev–Trinajstić information content (AvgIpc) is 3.25. The van der Waals surface area contributed by atoms with E-state index in [1.807, 2.05) is 0 Å². The number of hydrogen-bond acceptors (Lipinski definition) is 8. The summed E-state index contributed by atoms with van der Waals surface area (Å²) in [5.41, 5.74) is 1.43. The van der Waals surface area contributed by atoms with Crippen LogP contribution in [0.15, 0.2) is 23.6 Å². The van der Waals surface area contributed by atoms with E-state index in [0.717, 1.165) is 0 Å². The van der Waals surface area contributed by atoms with Crippen molar-refractivity contribution in [3.8, 4) is 5.75 Å². The molecule has 0 radical (unpaired) electrons. The molecule has 1 saturated heterocycles. The minimum absolute atomic E-state index is 0.0158. The number of carbonyl (C=O) groups excluding carboxylic acids is 4. The number of ether oxygens (including phenoxy) is 2. The number of piperazine rings is 1. The van der Waals surface area contributed by atoms with E-state index >= 15 is 0 Å². The van der Waals surface area contributed by atoms with Crippen molar-refractivity contribution in [2.24, 2.45) is 0 Å². The maximum atomic E-state index is 12.6. The van der Waals surface area contributed by atoms with Gasteiger partial charge in [-0.2, -0.15) is 0 Å². The molecule has 2 aromatic rings. The highest BCUT2D eigenvalue weighted by Gasteiger charge is 2.25. The summed E-state index contributed by atoms with van der Waals surface area (Å²) >= 11 is 1.21. The van der Waals surface area contributed by atoms with E-state index < -0.39 is 0 Å². The van der Waals surface area contributed by atoms with Gasteiger partial charge in [0.1, 0.15) is 5.75 Å². The quantitative estimate of drug-likeness (QED) is 0.526. The molecule has 2 heterocycles. The Labute approximate surface area is 206 Å². The smallest absolute Gasteiger partial charge is 0.409 e. The lowest BCUT2D eigenvalue weighted by atomic mass is 10.2. The third kappa shape index (κ3) is 7.30. The van der Waals surface area contributed by atoms with Gasteiger partial charge in [0.2, 0.25) is 11.8 Å². The Hall–Kier alpha value is -3.87. The maximum absolute atomic E-state index is 12.6. The van der Waals surface area contributed by atoms with Gasteiger partial charge in [-0.25, -0.2) is 14.6 Å². The molecule has 3 N–H and O–H groups in total. The average molecular weight is 505 g/mol. The van der Waals surface area contributed by atoms with Crippen LogP contribution < -0.4 is 20.7 Å². The molecule has 0 unspecified atom stereocenters. The molecule has 188 valence electrons. The highest BCUT2D eigenvalue weighted by Crippen LogP contribution is 2.28. The molecule has 0 spiro atoms. The molecule has 13 heteroatoms. The van der Waals surface area contributed by atoms with Gasteiger partial charge >= 0.3 is 12.1 Å². The van der Waals surface area contributed by atoms with Gasteiger partial charge < -0.3 is 29.9 Å². The van der Waals surface area contributed by atoms with E-state index in [9.17, 15) is 19.2 Å². The van der Waals surface area contributed by atoms with Crippen LogP contribution in [0.4, 0.5) is 26.1 Å². The Morgan fingerprint density at radius 1 is 1.06 bits per heavy atom. The maximum Gasteiger partial charge on any atom is 0.409 e. The number of nitrogens with one attached hydrogen (secondary N) is 3. The molecular weight excluding hydrogens is 476 g/mol. The number of rotatable bonds is 7. The summed E-state index contributed by atoms with van der Waals surface area (Å²) in [5, 5.41) is 10.2. The van der Waals surface area contributed by atoms with E-state index in [1.54, 1.807) is 40.3 Å². The zero-order chi connectivity index (χ0) is 25.4. The first kappa shape index (κ1) is 25.7. The Kier molecular flexibility index (Phi) is 8.84. The van der Waals surface area contributed by atoms with Gasteiger partial charge in [0.05, 0.1) is 31.5 Å². The van der Waals surface area contributed by atoms with E-state index in [0.29, 0.717) is 60.7 Å². The molecular formula is C22H28N6O6S. The van der Waals surface area contributed by atoms with Crippen LogP contribution in [0, 0.1) is 0 Å². The van der Waals surface area contributed by atoms with Crippen LogP contribution in [0.5, 0.6) is 5.75 Å². The van der Waals surface area contributed by atoms with Gasteiger partial charge in [-0.1, -0.05) is 0 Å². The topological polar surface area (TPSA) is 142 Å². The second-order valence-corrected chi connectivity index (χ2v) is 8.43. The fourth-order valence-electron chi connectivity index (χ4n) is 3.37. The summed E-state index contributed by atoms with van der Waals surface area (Å²) in [6.45, 7) is 4.99. The monoisotopic (exact) mass is 504 g/mol. The second-order valence-electron chi connectivity index (χ2n) is 7.57. The molecule has 5 amide bonds. The van der Waals surface area contributed by atoms with Crippen LogP contribution in [0.25, 0.3) is 0 Å². The number of urea groups is 1. The van der Waals surface area contributed by atoms with Crippen LogP contribution in [0.1, 0.15) is 19.5 Å². The van der Waals surface area contributed by atoms with Crippen molar-refractivity contribution in [1.29, 1.82) is 0 Å². The third-order valence-corrected chi connectivity index (χ3v) is 5.80. The number of thiazole rings is 1. The Bertz CT molecular complexity index is 1080. The van der Waals surface area contributed by atoms with Gasteiger partial charge in [0.15, 0.2) is 5.13 Å². The number of nitrogens with zero attached hydrogens (tertiary/aromatic N) is 3. The van der Waals surface area contributed by atoms with Crippen molar-refractivity contribution in [2.45, 2.75) is 20.3 Å². The number of methoxy groups -OCH3 is 1. The molecule has 1 fully saturated rings. The molecule has 1 aromatic heterocycles. The largest absolute Gasteiger partial charge is 0.495 e. The van der Waals surface area contributed by atoms with Crippen LogP contribution in [-0.4, -0.2) is 78.6 Å². The summed E-state index contributed by atoms with van der Waals surface area (Å²) in [5.74, 6) is -0.117. The van der Waals surface area contributed by atoms with E-state index in [2.05, 4.69) is 20.9 Å². The highest BCUT2D eigenvalue weighted by molar-refractivity contribution is 7.13. The summed E-state index contributed by atoms with van der Waals surface area (Å²) in [6, 6.07) is 4.59. The normalized spacial score (nSPS) is 13.1. The first-order chi connectivity index (χ1) is 16.8. The van der Waals surface area contributed by atoms with Crippen LogP contribution in [-0.2, 0) is 20.7 Å². The number of benzene rings is 1.